The van der Waals surface area contributed by atoms with Crippen LogP contribution < -0.4 is 5.43 Å². The summed E-state index contributed by atoms with van der Waals surface area (Å²) in [6, 6.07) is 8.21. The Morgan fingerprint density at radius 1 is 1.43 bits per heavy atom. The number of rotatable bonds is 5. The molecule has 0 radical (unpaired) electrons. The zero-order chi connectivity index (χ0) is 16.4. The van der Waals surface area contributed by atoms with Crippen LogP contribution in [0.3, 0.4) is 0 Å². The third kappa shape index (κ3) is 3.18. The molecule has 120 valence electrons. The summed E-state index contributed by atoms with van der Waals surface area (Å²) in [6.45, 7) is 6.10. The first-order valence-electron chi connectivity index (χ1n) is 8.02. The molecule has 0 unspecified atom stereocenters. The van der Waals surface area contributed by atoms with E-state index in [4.69, 9.17) is 5.41 Å². The Labute approximate surface area is 136 Å². The molecule has 2 aliphatic rings. The number of fused-ring (bicyclic) bond motifs is 1. The average Bonchev–Trinajstić information content (AvgIpc) is 3.39. The predicted molar refractivity (Wildman–Crippen MR) is 91.5 cm³/mol. The first kappa shape index (κ1) is 15.5. The highest BCUT2D eigenvalue weighted by Gasteiger charge is 2.31. The average molecular weight is 310 g/mol. The van der Waals surface area contributed by atoms with Crippen molar-refractivity contribution >= 4 is 18.3 Å². The smallest absolute Gasteiger partial charge is 0.272 e. The van der Waals surface area contributed by atoms with E-state index in [9.17, 15) is 4.79 Å². The van der Waals surface area contributed by atoms with Crippen molar-refractivity contribution in [3.63, 3.8) is 0 Å². The lowest BCUT2D eigenvalue weighted by atomic mass is 9.93. The number of allylic oxidation sites excluding steroid dienone is 1. The van der Waals surface area contributed by atoms with Gasteiger partial charge in [0.1, 0.15) is 5.71 Å². The normalized spacial score (nSPS) is 20.7. The highest BCUT2D eigenvalue weighted by Crippen LogP contribution is 2.35. The van der Waals surface area contributed by atoms with E-state index in [1.807, 2.05) is 19.1 Å². The van der Waals surface area contributed by atoms with Gasteiger partial charge in [-0.2, -0.15) is 5.10 Å². The van der Waals surface area contributed by atoms with Crippen molar-refractivity contribution in [3.8, 4) is 0 Å². The molecule has 1 atom stereocenters. The maximum atomic E-state index is 12.7. The summed E-state index contributed by atoms with van der Waals surface area (Å²) in [7, 11) is 0. The van der Waals surface area contributed by atoms with Crippen molar-refractivity contribution in [1.29, 1.82) is 5.41 Å². The number of hydrogen-bond donors (Lipinski definition) is 2. The number of carbonyl (C=O) groups is 1. The molecule has 1 fully saturated rings. The molecule has 1 saturated carbocycles. The SMILES string of the molecule is C=NN/C(=C\C(=N)C(=O)N1CCc2ccccc2[C@H]1C)C1CC1. The molecular formula is C18H22N4O. The van der Waals surface area contributed by atoms with Crippen molar-refractivity contribution in [1.82, 2.24) is 10.3 Å². The fourth-order valence-electron chi connectivity index (χ4n) is 3.15. The van der Waals surface area contributed by atoms with Gasteiger partial charge in [0.2, 0.25) is 0 Å². The van der Waals surface area contributed by atoms with Crippen LogP contribution in [0, 0.1) is 11.3 Å². The summed E-state index contributed by atoms with van der Waals surface area (Å²) in [5, 5.41) is 11.8. The topological polar surface area (TPSA) is 68.5 Å². The number of nitrogens with one attached hydrogen (secondary N) is 2. The highest BCUT2D eigenvalue weighted by atomic mass is 16.2. The summed E-state index contributed by atoms with van der Waals surface area (Å²) in [6.07, 6.45) is 4.60. The van der Waals surface area contributed by atoms with Gasteiger partial charge in [0.15, 0.2) is 0 Å². The monoisotopic (exact) mass is 310 g/mol. The minimum atomic E-state index is -0.226. The molecule has 1 aromatic rings. The molecular weight excluding hydrogens is 288 g/mol. The van der Waals surface area contributed by atoms with Gasteiger partial charge in [0.05, 0.1) is 6.04 Å². The molecule has 5 nitrogen and oxygen atoms in total. The lowest BCUT2D eigenvalue weighted by Crippen LogP contribution is -2.42. The quantitative estimate of drug-likeness (QED) is 0.648. The summed E-state index contributed by atoms with van der Waals surface area (Å²) in [4.78, 5) is 14.5. The molecule has 0 spiro atoms. The van der Waals surface area contributed by atoms with Crippen LogP contribution in [0.15, 0.2) is 41.1 Å². The summed E-state index contributed by atoms with van der Waals surface area (Å²) >= 11 is 0. The summed E-state index contributed by atoms with van der Waals surface area (Å²) < 4.78 is 0. The van der Waals surface area contributed by atoms with Crippen LogP contribution in [0.2, 0.25) is 0 Å². The van der Waals surface area contributed by atoms with Gasteiger partial charge in [-0.25, -0.2) is 0 Å². The second-order valence-corrected chi connectivity index (χ2v) is 6.18. The van der Waals surface area contributed by atoms with Crippen molar-refractivity contribution in [3.05, 3.63) is 47.2 Å². The third-order valence-corrected chi connectivity index (χ3v) is 4.61. The first-order chi connectivity index (χ1) is 11.1. The zero-order valence-corrected chi connectivity index (χ0v) is 13.4. The van der Waals surface area contributed by atoms with Crippen LogP contribution in [0.4, 0.5) is 0 Å². The predicted octanol–water partition coefficient (Wildman–Crippen LogP) is 2.65. The van der Waals surface area contributed by atoms with Crippen LogP contribution in [-0.4, -0.2) is 29.8 Å². The molecule has 1 aromatic carbocycles. The Bertz CT molecular complexity index is 675. The van der Waals surface area contributed by atoms with E-state index in [0.717, 1.165) is 25.0 Å². The molecule has 3 rings (SSSR count). The van der Waals surface area contributed by atoms with Gasteiger partial charge < -0.3 is 4.90 Å². The Morgan fingerprint density at radius 3 is 2.87 bits per heavy atom. The Balaban J connectivity index is 1.76. The van der Waals surface area contributed by atoms with E-state index in [-0.39, 0.29) is 17.7 Å². The molecule has 0 saturated heterocycles. The molecule has 1 aliphatic heterocycles. The largest absolute Gasteiger partial charge is 0.330 e. The van der Waals surface area contributed by atoms with Crippen molar-refractivity contribution in [2.45, 2.75) is 32.2 Å². The standard InChI is InChI=1S/C18H22N4O/c1-12-15-6-4-3-5-13(15)9-10-22(12)18(23)16(19)11-17(21-20-2)14-7-8-14/h3-6,11-12,14,19,21H,2,7-10H2,1H3/b17-11-,19-16?/t12-/m1/s1. The summed E-state index contributed by atoms with van der Waals surface area (Å²) in [5.74, 6) is 0.157. The lowest BCUT2D eigenvalue weighted by Gasteiger charge is -2.35. The molecule has 1 aliphatic carbocycles. The minimum Gasteiger partial charge on any atom is -0.330 e. The molecule has 23 heavy (non-hydrogen) atoms. The molecule has 0 bridgehead atoms. The van der Waals surface area contributed by atoms with E-state index in [1.54, 1.807) is 11.0 Å². The maximum Gasteiger partial charge on any atom is 0.272 e. The van der Waals surface area contributed by atoms with Gasteiger partial charge in [-0.3, -0.25) is 15.6 Å². The number of nitrogens with zero attached hydrogens (tertiary/aromatic N) is 2. The Morgan fingerprint density at radius 2 is 2.17 bits per heavy atom. The van der Waals surface area contributed by atoms with Gasteiger partial charge in [-0.05, 0) is 43.4 Å². The van der Waals surface area contributed by atoms with Crippen LogP contribution in [0.1, 0.15) is 36.9 Å². The van der Waals surface area contributed by atoms with Crippen LogP contribution in [-0.2, 0) is 11.2 Å². The fourth-order valence-corrected chi connectivity index (χ4v) is 3.15. The third-order valence-electron chi connectivity index (χ3n) is 4.61. The van der Waals surface area contributed by atoms with E-state index < -0.39 is 0 Å². The number of hydrazone groups is 1. The van der Waals surface area contributed by atoms with E-state index in [0.29, 0.717) is 12.5 Å². The zero-order valence-electron chi connectivity index (χ0n) is 13.4. The second kappa shape index (κ2) is 6.36. The van der Waals surface area contributed by atoms with Gasteiger partial charge in [-0.1, -0.05) is 24.3 Å². The summed E-state index contributed by atoms with van der Waals surface area (Å²) in [5.41, 5.74) is 6.13. The van der Waals surface area contributed by atoms with Crippen LogP contribution in [0.25, 0.3) is 0 Å². The number of amides is 1. The van der Waals surface area contributed by atoms with E-state index in [1.165, 1.54) is 11.1 Å². The number of carbonyl (C=O) groups excluding carboxylic acids is 1. The first-order valence-corrected chi connectivity index (χ1v) is 8.02. The maximum absolute atomic E-state index is 12.7. The van der Waals surface area contributed by atoms with Crippen LogP contribution in [0.5, 0.6) is 0 Å². The van der Waals surface area contributed by atoms with Gasteiger partial charge in [0.25, 0.3) is 5.91 Å². The van der Waals surface area contributed by atoms with Gasteiger partial charge >= 0.3 is 0 Å². The Hall–Kier alpha value is -2.43. The van der Waals surface area contributed by atoms with Gasteiger partial charge in [0, 0.05) is 24.9 Å². The van der Waals surface area contributed by atoms with E-state index >= 15 is 0 Å². The lowest BCUT2D eigenvalue weighted by molar-refractivity contribution is -0.126. The van der Waals surface area contributed by atoms with Gasteiger partial charge in [-0.15, -0.1) is 0 Å². The van der Waals surface area contributed by atoms with Crippen molar-refractivity contribution in [2.75, 3.05) is 6.54 Å². The Kier molecular flexibility index (Phi) is 4.28. The highest BCUT2D eigenvalue weighted by molar-refractivity contribution is 6.42. The number of hydrogen-bond acceptors (Lipinski definition) is 4. The van der Waals surface area contributed by atoms with E-state index in [2.05, 4.69) is 29.4 Å². The molecule has 5 heteroatoms. The van der Waals surface area contributed by atoms with Crippen LogP contribution >= 0.6 is 0 Å². The van der Waals surface area contributed by atoms with Crippen molar-refractivity contribution < 1.29 is 4.79 Å². The molecule has 1 heterocycles. The second-order valence-electron chi connectivity index (χ2n) is 6.18. The minimum absolute atomic E-state index is 0.00364. The molecule has 1 amide bonds. The molecule has 2 N–H and O–H groups in total. The number of benzene rings is 1. The van der Waals surface area contributed by atoms with Crippen molar-refractivity contribution in [2.24, 2.45) is 11.0 Å². The fraction of sp³-hybridized carbons (Fsp3) is 0.389. The molecule has 0 aromatic heterocycles.